The second kappa shape index (κ2) is 7.30. The van der Waals surface area contributed by atoms with Crippen molar-refractivity contribution >= 4 is 11.5 Å². The molecule has 1 aromatic carbocycles. The molecule has 1 aliphatic carbocycles. The Labute approximate surface area is 169 Å². The summed E-state index contributed by atoms with van der Waals surface area (Å²) in [5, 5.41) is 22.7. The molecule has 0 unspecified atom stereocenters. The lowest BCUT2D eigenvalue weighted by Gasteiger charge is -2.32. The minimum Gasteiger partial charge on any atom is -0.507 e. The second-order valence-corrected chi connectivity index (χ2v) is 8.18. The largest absolute Gasteiger partial charge is 0.507 e. The number of phenols is 1. The van der Waals surface area contributed by atoms with Gasteiger partial charge in [0.15, 0.2) is 5.82 Å². The Hall–Kier alpha value is -2.67. The molecule has 29 heavy (non-hydrogen) atoms. The third-order valence-electron chi connectivity index (χ3n) is 6.15. The maximum atomic E-state index is 14.7. The molecule has 3 heterocycles. The first kappa shape index (κ1) is 18.4. The molecule has 2 aromatic heterocycles. The third-order valence-corrected chi connectivity index (χ3v) is 6.15. The Bertz CT molecular complexity index is 1050. The maximum absolute atomic E-state index is 14.7. The van der Waals surface area contributed by atoms with Gasteiger partial charge in [0.2, 0.25) is 5.95 Å². The van der Waals surface area contributed by atoms with Gasteiger partial charge in [-0.25, -0.2) is 4.39 Å². The predicted octanol–water partition coefficient (Wildman–Crippen LogP) is 4.01. The molecule has 0 spiro atoms. The van der Waals surface area contributed by atoms with Gasteiger partial charge in [0.25, 0.3) is 0 Å². The number of nitrogens with one attached hydrogen (secondary N) is 1. The van der Waals surface area contributed by atoms with Gasteiger partial charge >= 0.3 is 0 Å². The van der Waals surface area contributed by atoms with Crippen LogP contribution < -0.4 is 5.32 Å². The van der Waals surface area contributed by atoms with Gasteiger partial charge in [-0.2, -0.15) is 0 Å². The van der Waals surface area contributed by atoms with Gasteiger partial charge in [-0.1, -0.05) is 13.0 Å². The standard InChI is InChI=1S/C22H26FN5O/c1-2-27-10-3-4-16(13-27)24-22-26-25-20(21-18(23)9-11-28(21)22)17-8-7-15(12-19(17)29)14-5-6-14/h7-9,11-12,14,16,29H,2-6,10,13H2,1H3,(H,24,26)/t16-/m1/s1. The summed E-state index contributed by atoms with van der Waals surface area (Å²) in [5.41, 5.74) is 2.32. The van der Waals surface area contributed by atoms with Crippen molar-refractivity contribution in [2.45, 2.75) is 44.6 Å². The molecule has 1 saturated heterocycles. The summed E-state index contributed by atoms with van der Waals surface area (Å²) in [4.78, 5) is 2.40. The highest BCUT2D eigenvalue weighted by molar-refractivity contribution is 5.82. The number of likely N-dealkylation sites (N-methyl/N-ethyl adjacent to an activating group) is 1. The molecule has 7 heteroatoms. The maximum Gasteiger partial charge on any atom is 0.228 e. The Balaban J connectivity index is 1.50. The van der Waals surface area contributed by atoms with Crippen LogP contribution in [0, 0.1) is 5.82 Å². The molecule has 2 N–H and O–H groups in total. The lowest BCUT2D eigenvalue weighted by atomic mass is 10.0. The molecule has 3 aromatic rings. The first-order chi connectivity index (χ1) is 14.1. The zero-order chi connectivity index (χ0) is 20.0. The van der Waals surface area contributed by atoms with Gasteiger partial charge in [0.05, 0.1) is 0 Å². The van der Waals surface area contributed by atoms with E-state index in [-0.39, 0.29) is 17.6 Å². The molecule has 1 atom stereocenters. The van der Waals surface area contributed by atoms with E-state index in [0.29, 0.717) is 28.6 Å². The topological polar surface area (TPSA) is 65.7 Å². The molecule has 1 aliphatic heterocycles. The van der Waals surface area contributed by atoms with Gasteiger partial charge in [-0.05, 0) is 68.5 Å². The Kier molecular flexibility index (Phi) is 4.62. The van der Waals surface area contributed by atoms with Crippen molar-refractivity contribution in [2.24, 2.45) is 0 Å². The van der Waals surface area contributed by atoms with Crippen LogP contribution in [0.1, 0.15) is 44.1 Å². The molecular formula is C22H26FN5O. The molecule has 2 fully saturated rings. The summed E-state index contributed by atoms with van der Waals surface area (Å²) in [6.45, 7) is 5.24. The van der Waals surface area contributed by atoms with E-state index < -0.39 is 0 Å². The van der Waals surface area contributed by atoms with E-state index in [2.05, 4.69) is 27.3 Å². The van der Waals surface area contributed by atoms with Crippen LogP contribution in [0.2, 0.25) is 0 Å². The lowest BCUT2D eigenvalue weighted by molar-refractivity contribution is 0.226. The van der Waals surface area contributed by atoms with Crippen LogP contribution in [-0.2, 0) is 0 Å². The number of anilines is 1. The summed E-state index contributed by atoms with van der Waals surface area (Å²) in [5.74, 6) is 0.820. The highest BCUT2D eigenvalue weighted by Crippen LogP contribution is 2.43. The zero-order valence-electron chi connectivity index (χ0n) is 16.6. The molecule has 0 radical (unpaired) electrons. The zero-order valence-corrected chi connectivity index (χ0v) is 16.6. The van der Waals surface area contributed by atoms with Crippen molar-refractivity contribution in [2.75, 3.05) is 25.0 Å². The summed E-state index contributed by atoms with van der Waals surface area (Å²) in [6.07, 6.45) is 6.16. The van der Waals surface area contributed by atoms with Crippen LogP contribution >= 0.6 is 0 Å². The van der Waals surface area contributed by atoms with E-state index in [9.17, 15) is 9.50 Å². The number of halogens is 1. The summed E-state index contributed by atoms with van der Waals surface area (Å²) < 4.78 is 16.4. The predicted molar refractivity (Wildman–Crippen MR) is 111 cm³/mol. The van der Waals surface area contributed by atoms with Gasteiger partial charge in [-0.15, -0.1) is 10.2 Å². The van der Waals surface area contributed by atoms with E-state index in [4.69, 9.17) is 0 Å². The van der Waals surface area contributed by atoms with Crippen molar-refractivity contribution in [3.05, 3.63) is 41.8 Å². The summed E-state index contributed by atoms with van der Waals surface area (Å²) in [6, 6.07) is 7.28. The number of likely N-dealkylation sites (tertiary alicyclic amines) is 1. The van der Waals surface area contributed by atoms with Crippen LogP contribution in [0.25, 0.3) is 16.8 Å². The molecule has 0 bridgehead atoms. The molecule has 2 aliphatic rings. The average molecular weight is 395 g/mol. The monoisotopic (exact) mass is 395 g/mol. The van der Waals surface area contributed by atoms with E-state index >= 15 is 0 Å². The fraction of sp³-hybridized carbons (Fsp3) is 0.455. The number of hydrogen-bond acceptors (Lipinski definition) is 5. The highest BCUT2D eigenvalue weighted by atomic mass is 19.1. The van der Waals surface area contributed by atoms with Gasteiger partial charge in [0, 0.05) is 24.3 Å². The average Bonchev–Trinajstić information content (AvgIpc) is 3.51. The lowest BCUT2D eigenvalue weighted by Crippen LogP contribution is -2.42. The van der Waals surface area contributed by atoms with Crippen LogP contribution in [-0.4, -0.2) is 50.3 Å². The molecule has 1 saturated carbocycles. The second-order valence-electron chi connectivity index (χ2n) is 8.18. The normalized spacial score (nSPS) is 20.3. The SMILES string of the molecule is CCN1CCC[C@@H](Nc2nnc(-c3ccc(C4CC4)cc3O)c3c(F)ccn23)C1. The highest BCUT2D eigenvalue weighted by Gasteiger charge is 2.26. The third kappa shape index (κ3) is 3.44. The van der Waals surface area contributed by atoms with Crippen LogP contribution in [0.4, 0.5) is 10.3 Å². The smallest absolute Gasteiger partial charge is 0.228 e. The van der Waals surface area contributed by atoms with Crippen molar-refractivity contribution in [3.63, 3.8) is 0 Å². The Morgan fingerprint density at radius 2 is 2.07 bits per heavy atom. The van der Waals surface area contributed by atoms with Crippen molar-refractivity contribution in [3.8, 4) is 17.0 Å². The Morgan fingerprint density at radius 3 is 2.83 bits per heavy atom. The first-order valence-electron chi connectivity index (χ1n) is 10.5. The number of rotatable bonds is 5. The minimum absolute atomic E-state index is 0.123. The number of nitrogens with zero attached hydrogens (tertiary/aromatic N) is 4. The summed E-state index contributed by atoms with van der Waals surface area (Å²) in [7, 11) is 0. The quantitative estimate of drug-likeness (QED) is 0.683. The number of benzene rings is 1. The number of aromatic nitrogens is 3. The van der Waals surface area contributed by atoms with Crippen LogP contribution in [0.3, 0.4) is 0 Å². The molecular weight excluding hydrogens is 369 g/mol. The molecule has 0 amide bonds. The minimum atomic E-state index is -0.373. The van der Waals surface area contributed by atoms with E-state index in [1.54, 1.807) is 16.7 Å². The van der Waals surface area contributed by atoms with Crippen molar-refractivity contribution < 1.29 is 9.50 Å². The first-order valence-corrected chi connectivity index (χ1v) is 10.5. The fourth-order valence-electron chi connectivity index (χ4n) is 4.35. The van der Waals surface area contributed by atoms with E-state index in [1.807, 2.05) is 12.1 Å². The molecule has 5 rings (SSSR count). The van der Waals surface area contributed by atoms with Crippen molar-refractivity contribution in [1.29, 1.82) is 0 Å². The fourth-order valence-corrected chi connectivity index (χ4v) is 4.35. The Morgan fingerprint density at radius 1 is 1.21 bits per heavy atom. The van der Waals surface area contributed by atoms with Gasteiger partial charge < -0.3 is 15.3 Å². The van der Waals surface area contributed by atoms with E-state index in [0.717, 1.165) is 50.9 Å². The number of phenolic OH excluding ortho intramolecular Hbond substituents is 1. The van der Waals surface area contributed by atoms with Crippen LogP contribution in [0.15, 0.2) is 30.5 Å². The molecule has 6 nitrogen and oxygen atoms in total. The van der Waals surface area contributed by atoms with Crippen LogP contribution in [0.5, 0.6) is 5.75 Å². The van der Waals surface area contributed by atoms with Gasteiger partial charge in [0.1, 0.15) is 17.0 Å². The molecule has 152 valence electrons. The number of piperidine rings is 1. The van der Waals surface area contributed by atoms with E-state index in [1.165, 1.54) is 6.07 Å². The van der Waals surface area contributed by atoms with Gasteiger partial charge in [-0.3, -0.25) is 4.40 Å². The number of fused-ring (bicyclic) bond motifs is 1. The number of aromatic hydroxyl groups is 1. The summed E-state index contributed by atoms with van der Waals surface area (Å²) >= 11 is 0. The number of hydrogen-bond donors (Lipinski definition) is 2. The van der Waals surface area contributed by atoms with Crippen molar-refractivity contribution in [1.82, 2.24) is 19.5 Å².